The van der Waals surface area contributed by atoms with Crippen molar-refractivity contribution < 1.29 is 9.53 Å². The molecule has 0 unspecified atom stereocenters. The summed E-state index contributed by atoms with van der Waals surface area (Å²) in [6.45, 7) is 3.81. The SMILES string of the molecule is CCCc1cc(=O)[nH]c(-n2nc(C)cc2NC(=O)c2ccc(OC)cc2)n1. The van der Waals surface area contributed by atoms with Crippen molar-refractivity contribution in [2.24, 2.45) is 0 Å². The minimum atomic E-state index is -0.300. The van der Waals surface area contributed by atoms with E-state index in [2.05, 4.69) is 20.4 Å². The number of aromatic nitrogens is 4. The number of methoxy groups -OCH3 is 1. The number of H-pyrrole nitrogens is 1. The number of amides is 1. The Bertz CT molecular complexity index is 1000. The van der Waals surface area contributed by atoms with Crippen LogP contribution in [0.25, 0.3) is 5.95 Å². The average molecular weight is 367 g/mol. The van der Waals surface area contributed by atoms with Gasteiger partial charge < -0.3 is 10.1 Å². The number of benzene rings is 1. The third kappa shape index (κ3) is 4.22. The van der Waals surface area contributed by atoms with Crippen LogP contribution >= 0.6 is 0 Å². The standard InChI is InChI=1S/C19H21N5O3/c1-4-5-14-11-17(25)22-19(20-14)24-16(10-12(2)23-24)21-18(26)13-6-8-15(27-3)9-7-13/h6-11H,4-5H2,1-3H3,(H,21,26)(H,20,22,25). The molecule has 1 aromatic carbocycles. The van der Waals surface area contributed by atoms with E-state index < -0.39 is 0 Å². The van der Waals surface area contributed by atoms with Crippen molar-refractivity contribution in [2.45, 2.75) is 26.7 Å². The molecule has 0 radical (unpaired) electrons. The van der Waals surface area contributed by atoms with Crippen LogP contribution in [0.2, 0.25) is 0 Å². The van der Waals surface area contributed by atoms with Crippen LogP contribution in [-0.4, -0.2) is 32.8 Å². The van der Waals surface area contributed by atoms with Gasteiger partial charge in [0.25, 0.3) is 11.5 Å². The summed E-state index contributed by atoms with van der Waals surface area (Å²) in [4.78, 5) is 31.6. The Morgan fingerprint density at radius 3 is 2.67 bits per heavy atom. The molecule has 1 amide bonds. The van der Waals surface area contributed by atoms with Gasteiger partial charge in [-0.05, 0) is 37.6 Å². The van der Waals surface area contributed by atoms with Crippen LogP contribution in [0, 0.1) is 6.92 Å². The highest BCUT2D eigenvalue weighted by atomic mass is 16.5. The number of ether oxygens (including phenoxy) is 1. The Morgan fingerprint density at radius 1 is 1.26 bits per heavy atom. The Balaban J connectivity index is 1.92. The number of carbonyl (C=O) groups is 1. The summed E-state index contributed by atoms with van der Waals surface area (Å²) < 4.78 is 6.53. The summed E-state index contributed by atoms with van der Waals surface area (Å²) in [5.74, 6) is 1.06. The number of aromatic amines is 1. The number of anilines is 1. The Morgan fingerprint density at radius 2 is 2.00 bits per heavy atom. The van der Waals surface area contributed by atoms with Gasteiger partial charge in [0.2, 0.25) is 5.95 Å². The first-order valence-electron chi connectivity index (χ1n) is 8.63. The van der Waals surface area contributed by atoms with Gasteiger partial charge in [0, 0.05) is 23.4 Å². The van der Waals surface area contributed by atoms with Crippen LogP contribution in [0.3, 0.4) is 0 Å². The Labute approximate surface area is 156 Å². The average Bonchev–Trinajstić information content (AvgIpc) is 3.02. The smallest absolute Gasteiger partial charge is 0.256 e. The second-order valence-electron chi connectivity index (χ2n) is 6.08. The Kier molecular flexibility index (Phi) is 5.35. The van der Waals surface area contributed by atoms with Crippen molar-refractivity contribution in [1.82, 2.24) is 19.7 Å². The van der Waals surface area contributed by atoms with Crippen molar-refractivity contribution in [1.29, 1.82) is 0 Å². The van der Waals surface area contributed by atoms with Crippen LogP contribution in [0.4, 0.5) is 5.82 Å². The van der Waals surface area contributed by atoms with Crippen molar-refractivity contribution in [2.75, 3.05) is 12.4 Å². The molecule has 0 spiro atoms. The molecule has 0 saturated carbocycles. The second kappa shape index (κ2) is 7.86. The first kappa shape index (κ1) is 18.4. The molecule has 0 aliphatic heterocycles. The van der Waals surface area contributed by atoms with Crippen molar-refractivity contribution >= 4 is 11.7 Å². The van der Waals surface area contributed by atoms with Crippen LogP contribution in [0.5, 0.6) is 5.75 Å². The largest absolute Gasteiger partial charge is 0.497 e. The van der Waals surface area contributed by atoms with Gasteiger partial charge in [0.05, 0.1) is 12.8 Å². The van der Waals surface area contributed by atoms with E-state index in [0.29, 0.717) is 34.9 Å². The highest BCUT2D eigenvalue weighted by Crippen LogP contribution is 2.17. The van der Waals surface area contributed by atoms with E-state index >= 15 is 0 Å². The molecular weight excluding hydrogens is 346 g/mol. The number of hydrogen-bond acceptors (Lipinski definition) is 5. The summed E-state index contributed by atoms with van der Waals surface area (Å²) in [5, 5.41) is 7.16. The van der Waals surface area contributed by atoms with Crippen molar-refractivity contribution in [3.63, 3.8) is 0 Å². The van der Waals surface area contributed by atoms with E-state index in [9.17, 15) is 9.59 Å². The highest BCUT2D eigenvalue weighted by molar-refractivity contribution is 6.04. The molecule has 2 aromatic heterocycles. The van der Waals surface area contributed by atoms with Crippen LogP contribution in [0.15, 0.2) is 41.2 Å². The number of hydrogen-bond donors (Lipinski definition) is 2. The molecule has 27 heavy (non-hydrogen) atoms. The molecular formula is C19H21N5O3. The Hall–Kier alpha value is -3.42. The van der Waals surface area contributed by atoms with Crippen LogP contribution in [0.1, 0.15) is 35.1 Å². The lowest BCUT2D eigenvalue weighted by atomic mass is 10.2. The molecule has 3 rings (SSSR count). The fourth-order valence-corrected chi connectivity index (χ4v) is 2.66. The predicted octanol–water partition coefficient (Wildman–Crippen LogP) is 2.48. The molecule has 0 aliphatic rings. The van der Waals surface area contributed by atoms with Gasteiger partial charge in [-0.25, -0.2) is 4.98 Å². The minimum absolute atomic E-state index is 0.260. The maximum Gasteiger partial charge on any atom is 0.256 e. The van der Waals surface area contributed by atoms with Crippen molar-refractivity contribution in [3.8, 4) is 11.7 Å². The number of aryl methyl sites for hydroxylation is 2. The van der Waals surface area contributed by atoms with E-state index in [0.717, 1.165) is 6.42 Å². The molecule has 2 N–H and O–H groups in total. The third-order valence-electron chi connectivity index (χ3n) is 3.91. The topological polar surface area (TPSA) is 102 Å². The molecule has 0 fully saturated rings. The number of nitrogens with zero attached hydrogens (tertiary/aromatic N) is 3. The maximum absolute atomic E-state index is 12.6. The number of carbonyl (C=O) groups excluding carboxylic acids is 1. The molecule has 3 aromatic rings. The zero-order chi connectivity index (χ0) is 19.4. The number of nitrogens with one attached hydrogen (secondary N) is 2. The molecule has 0 bridgehead atoms. The molecule has 8 nitrogen and oxygen atoms in total. The van der Waals surface area contributed by atoms with Gasteiger partial charge in [-0.3, -0.25) is 14.6 Å². The fraction of sp³-hybridized carbons (Fsp3) is 0.263. The lowest BCUT2D eigenvalue weighted by Gasteiger charge is -2.09. The number of rotatable bonds is 6. The van der Waals surface area contributed by atoms with Gasteiger partial charge in [0.1, 0.15) is 11.6 Å². The van der Waals surface area contributed by atoms with Gasteiger partial charge in [-0.1, -0.05) is 13.3 Å². The summed E-state index contributed by atoms with van der Waals surface area (Å²) in [6, 6.07) is 9.95. The lowest BCUT2D eigenvalue weighted by Crippen LogP contribution is -2.19. The van der Waals surface area contributed by atoms with Gasteiger partial charge in [0.15, 0.2) is 0 Å². The van der Waals surface area contributed by atoms with E-state index in [-0.39, 0.29) is 17.4 Å². The summed E-state index contributed by atoms with van der Waals surface area (Å²) >= 11 is 0. The van der Waals surface area contributed by atoms with Crippen LogP contribution < -0.4 is 15.6 Å². The minimum Gasteiger partial charge on any atom is -0.497 e. The van der Waals surface area contributed by atoms with E-state index in [1.807, 2.05) is 6.92 Å². The summed E-state index contributed by atoms with van der Waals surface area (Å²) in [7, 11) is 1.57. The van der Waals surface area contributed by atoms with E-state index in [4.69, 9.17) is 4.74 Å². The summed E-state index contributed by atoms with van der Waals surface area (Å²) in [5.41, 5.74) is 1.58. The normalized spacial score (nSPS) is 10.6. The quantitative estimate of drug-likeness (QED) is 0.697. The predicted molar refractivity (Wildman–Crippen MR) is 102 cm³/mol. The van der Waals surface area contributed by atoms with Gasteiger partial charge in [-0.15, -0.1) is 0 Å². The van der Waals surface area contributed by atoms with Gasteiger partial charge in [-0.2, -0.15) is 9.78 Å². The molecule has 140 valence electrons. The molecule has 0 aliphatic carbocycles. The first-order chi connectivity index (χ1) is 13.0. The zero-order valence-electron chi connectivity index (χ0n) is 15.4. The summed E-state index contributed by atoms with van der Waals surface area (Å²) in [6.07, 6.45) is 1.56. The lowest BCUT2D eigenvalue weighted by molar-refractivity contribution is 0.102. The van der Waals surface area contributed by atoms with Gasteiger partial charge >= 0.3 is 0 Å². The molecule has 0 atom stereocenters. The molecule has 2 heterocycles. The monoisotopic (exact) mass is 367 g/mol. The maximum atomic E-state index is 12.6. The highest BCUT2D eigenvalue weighted by Gasteiger charge is 2.14. The second-order valence-corrected chi connectivity index (χ2v) is 6.08. The third-order valence-corrected chi connectivity index (χ3v) is 3.91. The van der Waals surface area contributed by atoms with Crippen LogP contribution in [-0.2, 0) is 6.42 Å². The zero-order valence-corrected chi connectivity index (χ0v) is 15.4. The van der Waals surface area contributed by atoms with E-state index in [1.54, 1.807) is 44.4 Å². The fourth-order valence-electron chi connectivity index (χ4n) is 2.66. The molecule has 8 heteroatoms. The first-order valence-corrected chi connectivity index (χ1v) is 8.63. The molecule has 0 saturated heterocycles. The van der Waals surface area contributed by atoms with E-state index in [1.165, 1.54) is 10.7 Å². The van der Waals surface area contributed by atoms with Crippen molar-refractivity contribution in [3.05, 3.63) is 63.7 Å².